The van der Waals surface area contributed by atoms with Crippen molar-refractivity contribution in [1.82, 2.24) is 4.90 Å². The number of halogens is 1. The Morgan fingerprint density at radius 1 is 1.59 bits per heavy atom. The third-order valence-corrected chi connectivity index (χ3v) is 5.16. The van der Waals surface area contributed by atoms with Crippen molar-refractivity contribution in [3.05, 3.63) is 27.5 Å². The first kappa shape index (κ1) is 17.2. The molecule has 0 unspecified atom stereocenters. The van der Waals surface area contributed by atoms with Crippen LogP contribution in [0.2, 0.25) is 0 Å². The van der Waals surface area contributed by atoms with E-state index in [9.17, 15) is 14.7 Å². The molecule has 1 aliphatic heterocycles. The van der Waals surface area contributed by atoms with Gasteiger partial charge in [-0.05, 0) is 34.0 Å². The second-order valence-electron chi connectivity index (χ2n) is 4.86. The van der Waals surface area contributed by atoms with Crippen LogP contribution < -0.4 is 0 Å². The summed E-state index contributed by atoms with van der Waals surface area (Å²) in [5, 5.41) is 9.44. The lowest BCUT2D eigenvalue weighted by Crippen LogP contribution is -2.47. The second-order valence-corrected chi connectivity index (χ2v) is 7.32. The van der Waals surface area contributed by atoms with Crippen LogP contribution in [0.3, 0.4) is 0 Å². The van der Waals surface area contributed by atoms with Gasteiger partial charge in [0.15, 0.2) is 4.67 Å². The van der Waals surface area contributed by atoms with Gasteiger partial charge in [0.2, 0.25) is 0 Å². The Morgan fingerprint density at radius 2 is 2.27 bits per heavy atom. The lowest BCUT2D eigenvalue weighted by Gasteiger charge is -2.27. The van der Waals surface area contributed by atoms with Crippen molar-refractivity contribution in [2.45, 2.75) is 26.3 Å². The average molecular weight is 404 g/mol. The van der Waals surface area contributed by atoms with Gasteiger partial charge in [0.25, 0.3) is 5.91 Å². The van der Waals surface area contributed by atoms with Gasteiger partial charge in [-0.15, -0.1) is 0 Å². The smallest absolute Gasteiger partial charge is 0.327 e. The predicted octanol–water partition coefficient (Wildman–Crippen LogP) is 3.74. The van der Waals surface area contributed by atoms with Gasteiger partial charge in [-0.25, -0.2) is 4.79 Å². The van der Waals surface area contributed by atoms with Crippen LogP contribution in [-0.4, -0.2) is 32.2 Å². The maximum atomic E-state index is 12.5. The number of carbonyl (C=O) groups excluding carboxylic acids is 1. The summed E-state index contributed by atoms with van der Waals surface area (Å²) in [5.41, 5.74) is 0. The van der Waals surface area contributed by atoms with Crippen molar-refractivity contribution in [1.29, 1.82) is 0 Å². The summed E-state index contributed by atoms with van der Waals surface area (Å²) in [6.45, 7) is 3.68. The largest absolute Gasteiger partial charge is 0.480 e. The lowest BCUT2D eigenvalue weighted by molar-refractivity contribution is -0.147. The zero-order valence-corrected chi connectivity index (χ0v) is 15.1. The maximum Gasteiger partial charge on any atom is 0.327 e. The molecule has 0 aromatic carbocycles. The van der Waals surface area contributed by atoms with E-state index in [0.717, 1.165) is 11.8 Å². The standard InChI is InChI=1S/C14H14BrNO4S2/c1-3-7(2)11(13(18)19)16-12(17)9(22-14(16)21)6-8-4-5-10(15)20-8/h4-7,11H,3H2,1-2H3,(H,18,19)/b9-6+/t7-,11+/m1/s1. The fourth-order valence-corrected chi connectivity index (χ4v) is 3.71. The summed E-state index contributed by atoms with van der Waals surface area (Å²) >= 11 is 9.48. The molecule has 1 aromatic rings. The number of thiocarbonyl (C=S) groups is 1. The monoisotopic (exact) mass is 403 g/mol. The molecular weight excluding hydrogens is 390 g/mol. The Morgan fingerprint density at radius 3 is 2.77 bits per heavy atom. The normalized spacial score (nSPS) is 19.8. The van der Waals surface area contributed by atoms with Gasteiger partial charge in [0.05, 0.1) is 4.91 Å². The van der Waals surface area contributed by atoms with Crippen molar-refractivity contribution >= 4 is 62.2 Å². The molecule has 1 saturated heterocycles. The van der Waals surface area contributed by atoms with Crippen molar-refractivity contribution in [3.8, 4) is 0 Å². The predicted molar refractivity (Wildman–Crippen MR) is 92.3 cm³/mol. The van der Waals surface area contributed by atoms with E-state index < -0.39 is 17.9 Å². The summed E-state index contributed by atoms with van der Waals surface area (Å²) in [7, 11) is 0. The van der Waals surface area contributed by atoms with E-state index in [4.69, 9.17) is 16.6 Å². The Hall–Kier alpha value is -1.12. The molecule has 0 aliphatic carbocycles. The van der Waals surface area contributed by atoms with Crippen LogP contribution >= 0.6 is 39.9 Å². The van der Waals surface area contributed by atoms with E-state index in [1.165, 1.54) is 4.90 Å². The van der Waals surface area contributed by atoms with E-state index in [0.29, 0.717) is 21.8 Å². The molecule has 1 fully saturated rings. The summed E-state index contributed by atoms with van der Waals surface area (Å²) < 4.78 is 6.15. The van der Waals surface area contributed by atoms with Crippen molar-refractivity contribution in [2.24, 2.45) is 5.92 Å². The van der Waals surface area contributed by atoms with E-state index in [1.54, 1.807) is 25.1 Å². The number of carbonyl (C=O) groups is 2. The number of furan rings is 1. The molecule has 22 heavy (non-hydrogen) atoms. The SMILES string of the molecule is CC[C@@H](C)[C@@H](C(=O)O)N1C(=O)/C(=C\c2ccc(Br)o2)SC1=S. The number of aliphatic carboxylic acids is 1. The molecule has 0 bridgehead atoms. The number of amides is 1. The highest BCUT2D eigenvalue weighted by Gasteiger charge is 2.42. The lowest BCUT2D eigenvalue weighted by atomic mass is 9.98. The first-order chi connectivity index (χ1) is 10.3. The molecule has 8 heteroatoms. The summed E-state index contributed by atoms with van der Waals surface area (Å²) in [5.74, 6) is -1.14. The minimum absolute atomic E-state index is 0.197. The van der Waals surface area contributed by atoms with Crippen LogP contribution in [0, 0.1) is 5.92 Å². The summed E-state index contributed by atoms with van der Waals surface area (Å²) in [6, 6.07) is 2.47. The highest BCUT2D eigenvalue weighted by Crippen LogP contribution is 2.36. The van der Waals surface area contributed by atoms with E-state index >= 15 is 0 Å². The Kier molecular flexibility index (Phi) is 5.46. The third kappa shape index (κ3) is 3.44. The van der Waals surface area contributed by atoms with E-state index in [-0.39, 0.29) is 10.2 Å². The van der Waals surface area contributed by atoms with Gasteiger partial charge in [-0.1, -0.05) is 44.2 Å². The fraction of sp³-hybridized carbons (Fsp3) is 0.357. The first-order valence-corrected chi connectivity index (χ1v) is 8.62. The number of rotatable bonds is 5. The van der Waals surface area contributed by atoms with Crippen LogP contribution in [0.15, 0.2) is 26.1 Å². The molecule has 1 aromatic heterocycles. The first-order valence-electron chi connectivity index (χ1n) is 6.60. The molecule has 0 spiro atoms. The van der Waals surface area contributed by atoms with Crippen LogP contribution in [0.1, 0.15) is 26.0 Å². The quantitative estimate of drug-likeness (QED) is 0.596. The topological polar surface area (TPSA) is 70.8 Å². The van der Waals surface area contributed by atoms with Crippen LogP contribution in [0.4, 0.5) is 0 Å². The molecule has 2 rings (SSSR count). The molecule has 1 N–H and O–H groups in total. The van der Waals surface area contributed by atoms with Crippen molar-refractivity contribution in [3.63, 3.8) is 0 Å². The van der Waals surface area contributed by atoms with Gasteiger partial charge in [0, 0.05) is 6.08 Å². The van der Waals surface area contributed by atoms with Gasteiger partial charge >= 0.3 is 5.97 Å². The van der Waals surface area contributed by atoms with Crippen molar-refractivity contribution < 1.29 is 19.1 Å². The van der Waals surface area contributed by atoms with Gasteiger partial charge in [0.1, 0.15) is 16.1 Å². The molecule has 2 heterocycles. The van der Waals surface area contributed by atoms with Crippen LogP contribution in [-0.2, 0) is 9.59 Å². The van der Waals surface area contributed by atoms with Gasteiger partial charge in [-0.2, -0.15) is 0 Å². The fourth-order valence-electron chi connectivity index (χ4n) is 2.09. The Labute approximate surface area is 145 Å². The van der Waals surface area contributed by atoms with E-state index in [2.05, 4.69) is 15.9 Å². The molecule has 0 radical (unpaired) electrons. The third-order valence-electron chi connectivity index (χ3n) is 3.41. The summed E-state index contributed by atoms with van der Waals surface area (Å²) in [4.78, 5) is 25.6. The van der Waals surface area contributed by atoms with Crippen molar-refractivity contribution in [2.75, 3.05) is 0 Å². The maximum absolute atomic E-state index is 12.5. The average Bonchev–Trinajstić information content (AvgIpc) is 2.97. The molecule has 0 saturated carbocycles. The molecule has 2 atom stereocenters. The molecular formula is C14H14BrNO4S2. The Balaban J connectivity index is 2.32. The number of carboxylic acids is 1. The summed E-state index contributed by atoms with van der Waals surface area (Å²) in [6.07, 6.45) is 2.21. The molecule has 1 amide bonds. The molecule has 1 aliphatic rings. The Bertz CT molecular complexity index is 655. The zero-order valence-electron chi connectivity index (χ0n) is 11.9. The van der Waals surface area contributed by atoms with Gasteiger partial charge in [-0.3, -0.25) is 9.69 Å². The number of thioether (sulfide) groups is 1. The minimum Gasteiger partial charge on any atom is -0.480 e. The number of hydrogen-bond donors (Lipinski definition) is 1. The second kappa shape index (κ2) is 6.97. The number of nitrogens with zero attached hydrogens (tertiary/aromatic N) is 1. The molecule has 118 valence electrons. The number of carboxylic acid groups (broad SMARTS) is 1. The van der Waals surface area contributed by atoms with Gasteiger partial charge < -0.3 is 9.52 Å². The minimum atomic E-state index is -1.05. The highest BCUT2D eigenvalue weighted by molar-refractivity contribution is 9.10. The zero-order chi connectivity index (χ0) is 16.4. The van der Waals surface area contributed by atoms with E-state index in [1.807, 2.05) is 6.92 Å². The highest BCUT2D eigenvalue weighted by atomic mass is 79.9. The van der Waals surface area contributed by atoms with Crippen LogP contribution in [0.25, 0.3) is 6.08 Å². The molecule has 5 nitrogen and oxygen atoms in total. The van der Waals surface area contributed by atoms with Crippen LogP contribution in [0.5, 0.6) is 0 Å². The number of hydrogen-bond acceptors (Lipinski definition) is 5.